The lowest BCUT2D eigenvalue weighted by molar-refractivity contribution is 0.444. The van der Waals surface area contributed by atoms with Crippen LogP contribution in [-0.4, -0.2) is 52.7 Å². The molecule has 0 bridgehead atoms. The number of aromatic nitrogens is 1. The van der Waals surface area contributed by atoms with E-state index in [2.05, 4.69) is 70.8 Å². The number of H-pyrrole nitrogens is 1. The third-order valence-electron chi connectivity index (χ3n) is 7.41. The minimum Gasteiger partial charge on any atom is -0.507 e. The van der Waals surface area contributed by atoms with Crippen molar-refractivity contribution < 1.29 is 10.2 Å². The summed E-state index contributed by atoms with van der Waals surface area (Å²) in [6.07, 6.45) is 10.4. The predicted octanol–water partition coefficient (Wildman–Crippen LogP) is 8.77. The van der Waals surface area contributed by atoms with Crippen molar-refractivity contribution in [3.05, 3.63) is 82.5 Å². The molecule has 3 N–H and O–H groups in total. The molecule has 1 aromatic heterocycles. The number of aliphatic imine (C=N–C) groups is 2. The van der Waals surface area contributed by atoms with Gasteiger partial charge in [0.05, 0.1) is 12.6 Å². The molecule has 0 aliphatic carbocycles. The zero-order valence-corrected chi connectivity index (χ0v) is 27.6. The van der Waals surface area contributed by atoms with Gasteiger partial charge in [-0.15, -0.1) is 23.5 Å². The Kier molecular flexibility index (Phi) is 9.84. The normalized spacial score (nSPS) is 13.5. The summed E-state index contributed by atoms with van der Waals surface area (Å²) in [5, 5.41) is 23.5. The van der Waals surface area contributed by atoms with Gasteiger partial charge in [-0.05, 0) is 65.7 Å². The van der Waals surface area contributed by atoms with E-state index >= 15 is 0 Å². The molecule has 0 aliphatic heterocycles. The standard InChI is InChI=1S/C35H43N3O2S2/c1-34(2,3)29-16-26(41-7)14-23(32(29)39)18-36-21-25(13-22-19-38-31-12-10-9-11-28(22)31)37-20-24-15-27(42-8)17-30(33(24)40)35(4,5)6/h9-12,14-20,25,38-40H,13,21H2,1-8H3. The topological polar surface area (TPSA) is 81.0 Å². The van der Waals surface area contributed by atoms with Crippen LogP contribution in [0.1, 0.15) is 69.4 Å². The fourth-order valence-corrected chi connectivity index (χ4v) is 5.97. The highest BCUT2D eigenvalue weighted by Gasteiger charge is 2.22. The van der Waals surface area contributed by atoms with E-state index in [0.29, 0.717) is 24.1 Å². The average molecular weight is 602 g/mol. The minimum atomic E-state index is -0.203. The third-order valence-corrected chi connectivity index (χ3v) is 8.83. The number of nitrogens with zero attached hydrogens (tertiary/aromatic N) is 2. The van der Waals surface area contributed by atoms with E-state index in [9.17, 15) is 10.2 Å². The van der Waals surface area contributed by atoms with Crippen molar-refractivity contribution in [2.45, 2.75) is 74.6 Å². The molecule has 0 aliphatic rings. The van der Waals surface area contributed by atoms with E-state index in [4.69, 9.17) is 9.98 Å². The molecule has 0 saturated heterocycles. The molecule has 7 heteroatoms. The van der Waals surface area contributed by atoms with Crippen molar-refractivity contribution in [1.82, 2.24) is 4.98 Å². The van der Waals surface area contributed by atoms with Crippen molar-refractivity contribution >= 4 is 46.9 Å². The van der Waals surface area contributed by atoms with Crippen LogP contribution in [0.25, 0.3) is 10.9 Å². The molecule has 222 valence electrons. The van der Waals surface area contributed by atoms with Gasteiger partial charge in [-0.1, -0.05) is 59.7 Å². The Labute approximate surface area is 259 Å². The third kappa shape index (κ3) is 7.42. The molecule has 0 fully saturated rings. The maximum atomic E-state index is 11.2. The second kappa shape index (κ2) is 13.0. The van der Waals surface area contributed by atoms with Gasteiger partial charge in [-0.3, -0.25) is 9.98 Å². The summed E-state index contributed by atoms with van der Waals surface area (Å²) in [6, 6.07) is 16.2. The van der Waals surface area contributed by atoms with Crippen molar-refractivity contribution in [2.24, 2.45) is 9.98 Å². The molecule has 1 heterocycles. The van der Waals surface area contributed by atoms with Crippen LogP contribution >= 0.6 is 23.5 Å². The first-order valence-electron chi connectivity index (χ1n) is 14.2. The molecule has 0 spiro atoms. The summed E-state index contributed by atoms with van der Waals surface area (Å²) in [4.78, 5) is 15.3. The quantitative estimate of drug-likeness (QED) is 0.132. The molecule has 3 aromatic carbocycles. The van der Waals surface area contributed by atoms with Crippen LogP contribution in [0.5, 0.6) is 11.5 Å². The van der Waals surface area contributed by atoms with Crippen LogP contribution < -0.4 is 0 Å². The SMILES string of the molecule is CSc1cc(C=NCC(Cc2c[nH]c3ccccc23)N=Cc2cc(SC)cc(C(C)(C)C)c2O)c(O)c(C(C)(C)C)c1. The molecule has 42 heavy (non-hydrogen) atoms. The summed E-state index contributed by atoms with van der Waals surface area (Å²) < 4.78 is 0. The number of rotatable bonds is 9. The fraction of sp³-hybridized carbons (Fsp3) is 0.371. The van der Waals surface area contributed by atoms with E-state index in [-0.39, 0.29) is 28.4 Å². The van der Waals surface area contributed by atoms with Crippen LogP contribution in [0.3, 0.4) is 0 Å². The predicted molar refractivity (Wildman–Crippen MR) is 183 cm³/mol. The lowest BCUT2D eigenvalue weighted by Crippen LogP contribution is -2.15. The summed E-state index contributed by atoms with van der Waals surface area (Å²) in [5.41, 5.74) is 5.09. The molecule has 5 nitrogen and oxygen atoms in total. The van der Waals surface area contributed by atoms with Gasteiger partial charge in [0.15, 0.2) is 0 Å². The van der Waals surface area contributed by atoms with Crippen molar-refractivity contribution in [3.63, 3.8) is 0 Å². The molecule has 0 saturated carbocycles. The monoisotopic (exact) mass is 601 g/mol. The second-order valence-corrected chi connectivity index (χ2v) is 14.5. The summed E-state index contributed by atoms with van der Waals surface area (Å²) in [5.74, 6) is 0.543. The molecule has 1 atom stereocenters. The highest BCUT2D eigenvalue weighted by molar-refractivity contribution is 7.98. The number of aromatic hydroxyl groups is 2. The van der Waals surface area contributed by atoms with Crippen LogP contribution in [0.15, 0.2) is 74.5 Å². The van der Waals surface area contributed by atoms with Gasteiger partial charge in [-0.25, -0.2) is 0 Å². The summed E-state index contributed by atoms with van der Waals surface area (Å²) in [7, 11) is 0. The van der Waals surface area contributed by atoms with Gasteiger partial charge in [0, 0.05) is 61.6 Å². The molecule has 0 radical (unpaired) electrons. The number of nitrogens with one attached hydrogen (secondary N) is 1. The molecule has 1 unspecified atom stereocenters. The molecule has 4 aromatic rings. The summed E-state index contributed by atoms with van der Waals surface area (Å²) in [6.45, 7) is 13.1. The average Bonchev–Trinajstić information content (AvgIpc) is 3.34. The highest BCUT2D eigenvalue weighted by Crippen LogP contribution is 2.37. The highest BCUT2D eigenvalue weighted by atomic mass is 32.2. The van der Waals surface area contributed by atoms with Crippen LogP contribution in [0, 0.1) is 0 Å². The number of hydrogen-bond donors (Lipinski definition) is 3. The second-order valence-electron chi connectivity index (χ2n) is 12.7. The first-order chi connectivity index (χ1) is 19.8. The maximum absolute atomic E-state index is 11.2. The first-order valence-corrected chi connectivity index (χ1v) is 16.7. The van der Waals surface area contributed by atoms with Crippen LogP contribution in [-0.2, 0) is 17.3 Å². The Morgan fingerprint density at radius 3 is 1.90 bits per heavy atom. The van der Waals surface area contributed by atoms with Gasteiger partial charge in [0.25, 0.3) is 0 Å². The molecule has 4 rings (SSSR count). The molecular formula is C35H43N3O2S2. The van der Waals surface area contributed by atoms with Gasteiger partial charge < -0.3 is 15.2 Å². The number of phenolic OH excluding ortho intramolecular Hbond substituents is 2. The smallest absolute Gasteiger partial charge is 0.128 e. The summed E-state index contributed by atoms with van der Waals surface area (Å²) >= 11 is 3.31. The number of para-hydroxylation sites is 1. The largest absolute Gasteiger partial charge is 0.507 e. The Morgan fingerprint density at radius 1 is 0.810 bits per heavy atom. The Morgan fingerprint density at radius 2 is 1.36 bits per heavy atom. The Bertz CT molecular complexity index is 1610. The zero-order valence-electron chi connectivity index (χ0n) is 25.9. The lowest BCUT2D eigenvalue weighted by Gasteiger charge is -2.22. The van der Waals surface area contributed by atoms with E-state index < -0.39 is 0 Å². The maximum Gasteiger partial charge on any atom is 0.128 e. The van der Waals surface area contributed by atoms with Gasteiger partial charge in [-0.2, -0.15) is 0 Å². The van der Waals surface area contributed by atoms with Crippen LogP contribution in [0.2, 0.25) is 0 Å². The number of aromatic amines is 1. The number of thioether (sulfide) groups is 2. The van der Waals surface area contributed by atoms with E-state index in [0.717, 1.165) is 26.4 Å². The lowest BCUT2D eigenvalue weighted by atomic mass is 9.85. The number of phenols is 2. The Balaban J connectivity index is 1.70. The number of hydrogen-bond acceptors (Lipinski definition) is 6. The minimum absolute atomic E-state index is 0.177. The van der Waals surface area contributed by atoms with Gasteiger partial charge in [0.2, 0.25) is 0 Å². The van der Waals surface area contributed by atoms with Gasteiger partial charge >= 0.3 is 0 Å². The van der Waals surface area contributed by atoms with Crippen molar-refractivity contribution in [3.8, 4) is 11.5 Å². The molecule has 0 amide bonds. The number of benzene rings is 3. The Hall–Kier alpha value is -3.16. The van der Waals surface area contributed by atoms with Crippen molar-refractivity contribution in [2.75, 3.05) is 19.1 Å². The fourth-order valence-electron chi connectivity index (χ4n) is 5.01. The van der Waals surface area contributed by atoms with Crippen molar-refractivity contribution in [1.29, 1.82) is 0 Å². The van der Waals surface area contributed by atoms with E-state index in [1.54, 1.807) is 36.0 Å². The zero-order chi connectivity index (χ0) is 30.7. The van der Waals surface area contributed by atoms with E-state index in [1.807, 2.05) is 43.0 Å². The first kappa shape index (κ1) is 31.8. The molecular weight excluding hydrogens is 559 g/mol. The number of fused-ring (bicyclic) bond motifs is 1. The van der Waals surface area contributed by atoms with Gasteiger partial charge in [0.1, 0.15) is 11.5 Å². The van der Waals surface area contributed by atoms with Crippen LogP contribution in [0.4, 0.5) is 0 Å². The van der Waals surface area contributed by atoms with E-state index in [1.165, 1.54) is 10.9 Å².